The largest absolute Gasteiger partial charge is 0.352 e. The van der Waals surface area contributed by atoms with Crippen molar-refractivity contribution in [1.29, 1.82) is 0 Å². The molecule has 4 heteroatoms. The third-order valence-corrected chi connectivity index (χ3v) is 4.42. The molecule has 2 aromatic rings. The Morgan fingerprint density at radius 1 is 0.842 bits per heavy atom. The predicted octanol–water partition coefficient (Wildman–Crippen LogP) is 3.59. The first-order chi connectivity index (χ1) is 9.33. The van der Waals surface area contributed by atoms with Crippen LogP contribution in [-0.2, 0) is 0 Å². The fourth-order valence-corrected chi connectivity index (χ4v) is 3.41. The lowest BCUT2D eigenvalue weighted by atomic mass is 10.1. The van der Waals surface area contributed by atoms with Crippen molar-refractivity contribution in [2.75, 3.05) is 0 Å². The molecule has 0 radical (unpaired) electrons. The minimum Gasteiger partial charge on any atom is -0.352 e. The zero-order valence-electron chi connectivity index (χ0n) is 10.2. The third kappa shape index (κ3) is 2.97. The first-order valence-corrected chi connectivity index (χ1v) is 7.45. The molecular formula is C15H14N2S2. The zero-order chi connectivity index (χ0) is 13.1. The molecule has 0 spiro atoms. The van der Waals surface area contributed by atoms with E-state index in [9.17, 15) is 0 Å². The lowest BCUT2D eigenvalue weighted by molar-refractivity contribution is 0.494. The van der Waals surface area contributed by atoms with E-state index in [0.29, 0.717) is 0 Å². The summed E-state index contributed by atoms with van der Waals surface area (Å²) in [5, 5.41) is 7.09. The molecule has 3 rings (SSSR count). The quantitative estimate of drug-likeness (QED) is 0.824. The Bertz CT molecular complexity index is 507. The Morgan fingerprint density at radius 2 is 1.42 bits per heavy atom. The third-order valence-electron chi connectivity index (χ3n) is 3.04. The molecule has 0 aliphatic carbocycles. The molecule has 96 valence electrons. The summed E-state index contributed by atoms with van der Waals surface area (Å²) >= 11 is 7.02. The summed E-state index contributed by atoms with van der Waals surface area (Å²) in [6, 6.07) is 20.7. The van der Waals surface area contributed by atoms with Gasteiger partial charge >= 0.3 is 0 Å². The molecule has 2 N–H and O–H groups in total. The average molecular weight is 286 g/mol. The van der Waals surface area contributed by atoms with E-state index in [1.807, 2.05) is 24.3 Å². The van der Waals surface area contributed by atoms with Gasteiger partial charge in [-0.25, -0.2) is 0 Å². The van der Waals surface area contributed by atoms with Crippen molar-refractivity contribution in [3.63, 3.8) is 0 Å². The van der Waals surface area contributed by atoms with E-state index in [2.05, 4.69) is 47.0 Å². The van der Waals surface area contributed by atoms with Crippen LogP contribution < -0.4 is 10.6 Å². The topological polar surface area (TPSA) is 24.1 Å². The Kier molecular flexibility index (Phi) is 3.82. The maximum absolute atomic E-state index is 5.37. The second kappa shape index (κ2) is 5.74. The summed E-state index contributed by atoms with van der Waals surface area (Å²) in [6.07, 6.45) is 0.0696. The molecular weight excluding hydrogens is 272 g/mol. The minimum atomic E-state index is 0.0696. The number of hydrogen-bond acceptors (Lipinski definition) is 3. The van der Waals surface area contributed by atoms with Crippen LogP contribution in [-0.4, -0.2) is 4.32 Å². The monoisotopic (exact) mass is 286 g/mol. The molecule has 19 heavy (non-hydrogen) atoms. The standard InChI is InChI=1S/C15H14N2S2/c18-15-17-13(11-7-3-1-4-8-11)16-14(19-15)12-9-5-2-6-10-12/h1-10,13-14,16H,(H,17,18)/t13-,14-/m0/s1. The zero-order valence-corrected chi connectivity index (χ0v) is 11.9. The van der Waals surface area contributed by atoms with Crippen molar-refractivity contribution in [3.8, 4) is 0 Å². The molecule has 2 nitrogen and oxygen atoms in total. The number of rotatable bonds is 2. The van der Waals surface area contributed by atoms with E-state index in [1.54, 1.807) is 11.8 Å². The van der Waals surface area contributed by atoms with Crippen LogP contribution in [0.4, 0.5) is 0 Å². The van der Waals surface area contributed by atoms with Crippen LogP contribution in [0.5, 0.6) is 0 Å². The van der Waals surface area contributed by atoms with Crippen molar-refractivity contribution >= 4 is 28.3 Å². The molecule has 1 saturated heterocycles. The fraction of sp³-hybridized carbons (Fsp3) is 0.133. The van der Waals surface area contributed by atoms with Crippen molar-refractivity contribution in [1.82, 2.24) is 10.6 Å². The molecule has 0 bridgehead atoms. The fourth-order valence-electron chi connectivity index (χ4n) is 2.10. The first kappa shape index (κ1) is 12.7. The Morgan fingerprint density at radius 3 is 2.05 bits per heavy atom. The highest BCUT2D eigenvalue weighted by atomic mass is 32.2. The van der Waals surface area contributed by atoms with Crippen LogP contribution in [0.2, 0.25) is 0 Å². The first-order valence-electron chi connectivity index (χ1n) is 6.16. The van der Waals surface area contributed by atoms with Crippen LogP contribution in [0.25, 0.3) is 0 Å². The molecule has 0 aromatic heterocycles. The van der Waals surface area contributed by atoms with Gasteiger partial charge in [0.25, 0.3) is 0 Å². The molecule has 0 unspecified atom stereocenters. The number of thioether (sulfide) groups is 1. The SMILES string of the molecule is S=C1N[C@@H](c2ccccc2)N[C@H](c2ccccc2)S1. The molecule has 1 aliphatic heterocycles. The molecule has 0 saturated carbocycles. The maximum Gasteiger partial charge on any atom is 0.137 e. The molecule has 1 fully saturated rings. The van der Waals surface area contributed by atoms with Gasteiger partial charge in [-0.2, -0.15) is 0 Å². The van der Waals surface area contributed by atoms with Gasteiger partial charge in [-0.1, -0.05) is 84.6 Å². The van der Waals surface area contributed by atoms with Crippen LogP contribution in [0, 0.1) is 0 Å². The summed E-state index contributed by atoms with van der Waals surface area (Å²) in [4.78, 5) is 0. The average Bonchev–Trinajstić information content (AvgIpc) is 2.48. The second-order valence-corrected chi connectivity index (χ2v) is 6.13. The maximum atomic E-state index is 5.37. The Hall–Kier alpha value is -1.36. The van der Waals surface area contributed by atoms with Gasteiger partial charge < -0.3 is 5.32 Å². The predicted molar refractivity (Wildman–Crippen MR) is 84.8 cm³/mol. The van der Waals surface area contributed by atoms with Gasteiger partial charge in [0.05, 0.1) is 5.37 Å². The highest BCUT2D eigenvalue weighted by molar-refractivity contribution is 8.23. The van der Waals surface area contributed by atoms with Gasteiger partial charge in [0.2, 0.25) is 0 Å². The number of hydrogen-bond donors (Lipinski definition) is 2. The van der Waals surface area contributed by atoms with Gasteiger partial charge in [0, 0.05) is 0 Å². The highest BCUT2D eigenvalue weighted by Gasteiger charge is 2.26. The van der Waals surface area contributed by atoms with Gasteiger partial charge in [0.1, 0.15) is 10.5 Å². The van der Waals surface area contributed by atoms with E-state index in [1.165, 1.54) is 11.1 Å². The van der Waals surface area contributed by atoms with E-state index < -0.39 is 0 Å². The van der Waals surface area contributed by atoms with Crippen LogP contribution in [0.1, 0.15) is 22.7 Å². The highest BCUT2D eigenvalue weighted by Crippen LogP contribution is 2.33. The number of thiocarbonyl (C=S) groups is 1. The summed E-state index contributed by atoms with van der Waals surface area (Å²) in [5.74, 6) is 0. The molecule has 1 heterocycles. The molecule has 2 atom stereocenters. The summed E-state index contributed by atoms with van der Waals surface area (Å²) < 4.78 is 0.835. The second-order valence-electron chi connectivity index (χ2n) is 4.35. The van der Waals surface area contributed by atoms with E-state index >= 15 is 0 Å². The molecule has 2 aromatic carbocycles. The van der Waals surface area contributed by atoms with Gasteiger partial charge in [0.15, 0.2) is 0 Å². The van der Waals surface area contributed by atoms with E-state index in [4.69, 9.17) is 12.2 Å². The summed E-state index contributed by atoms with van der Waals surface area (Å²) in [6.45, 7) is 0. The van der Waals surface area contributed by atoms with E-state index in [0.717, 1.165) is 4.32 Å². The Labute approximate surface area is 122 Å². The summed E-state index contributed by atoms with van der Waals surface area (Å²) in [7, 11) is 0. The molecule has 0 amide bonds. The number of benzene rings is 2. The minimum absolute atomic E-state index is 0.0696. The van der Waals surface area contributed by atoms with Gasteiger partial charge in [-0.15, -0.1) is 0 Å². The van der Waals surface area contributed by atoms with Crippen LogP contribution in [0.3, 0.4) is 0 Å². The number of nitrogens with one attached hydrogen (secondary N) is 2. The van der Waals surface area contributed by atoms with Crippen LogP contribution in [0.15, 0.2) is 60.7 Å². The smallest absolute Gasteiger partial charge is 0.137 e. The van der Waals surface area contributed by atoms with Crippen molar-refractivity contribution < 1.29 is 0 Å². The van der Waals surface area contributed by atoms with Crippen molar-refractivity contribution in [2.24, 2.45) is 0 Å². The summed E-state index contributed by atoms with van der Waals surface area (Å²) in [5.41, 5.74) is 2.45. The normalized spacial score (nSPS) is 22.8. The lowest BCUT2D eigenvalue weighted by Crippen LogP contribution is -2.42. The van der Waals surface area contributed by atoms with Crippen molar-refractivity contribution in [3.05, 3.63) is 71.8 Å². The van der Waals surface area contributed by atoms with Crippen molar-refractivity contribution in [2.45, 2.75) is 11.5 Å². The Balaban J connectivity index is 1.84. The van der Waals surface area contributed by atoms with Crippen LogP contribution >= 0.6 is 24.0 Å². The van der Waals surface area contributed by atoms with Gasteiger partial charge in [-0.05, 0) is 11.1 Å². The van der Waals surface area contributed by atoms with E-state index in [-0.39, 0.29) is 11.5 Å². The molecule has 1 aliphatic rings. The lowest BCUT2D eigenvalue weighted by Gasteiger charge is -2.33. The van der Waals surface area contributed by atoms with Gasteiger partial charge in [-0.3, -0.25) is 5.32 Å².